The number of fused-ring (bicyclic) bond motifs is 6. The molecule has 0 bridgehead atoms. The van der Waals surface area contributed by atoms with Gasteiger partial charge < -0.3 is 0 Å². The third kappa shape index (κ3) is 4.18. The lowest BCUT2D eigenvalue weighted by atomic mass is 9.80. The molecule has 0 unspecified atom stereocenters. The minimum absolute atomic E-state index is 0.0594. The average molecular weight is 639 g/mol. The summed E-state index contributed by atoms with van der Waals surface area (Å²) in [7, 11) is 0. The Labute approximate surface area is 291 Å². The first-order valence-corrected chi connectivity index (χ1v) is 17.4. The van der Waals surface area contributed by atoms with E-state index in [0.29, 0.717) is 0 Å². The minimum atomic E-state index is -0.0594. The van der Waals surface area contributed by atoms with Crippen molar-refractivity contribution < 1.29 is 0 Å². The number of para-hydroxylation sites is 2. The van der Waals surface area contributed by atoms with E-state index in [2.05, 4.69) is 188 Å². The van der Waals surface area contributed by atoms with Crippen LogP contribution in [-0.2, 0) is 5.41 Å². The molecule has 0 saturated heterocycles. The Balaban J connectivity index is 1.16. The van der Waals surface area contributed by atoms with Gasteiger partial charge in [0.1, 0.15) is 5.82 Å². The van der Waals surface area contributed by atoms with Crippen LogP contribution in [0.4, 0.5) is 0 Å². The molecule has 0 radical (unpaired) electrons. The van der Waals surface area contributed by atoms with Crippen LogP contribution in [0.25, 0.3) is 83.0 Å². The second-order valence-corrected chi connectivity index (χ2v) is 13.9. The quantitative estimate of drug-likeness (QED) is 0.175. The topological polar surface area (TPSA) is 17.8 Å². The molecule has 1 heterocycles. The highest BCUT2D eigenvalue weighted by molar-refractivity contribution is 6.21. The highest BCUT2D eigenvalue weighted by atomic mass is 15.1. The maximum absolute atomic E-state index is 5.07. The van der Waals surface area contributed by atoms with Crippen LogP contribution in [0.1, 0.15) is 25.0 Å². The molecule has 236 valence electrons. The summed E-state index contributed by atoms with van der Waals surface area (Å²) in [5.74, 6) is 0.945. The fraction of sp³-hybridized carbons (Fsp3) is 0.0625. The van der Waals surface area contributed by atoms with Gasteiger partial charge in [-0.2, -0.15) is 0 Å². The number of nitrogens with zero attached hydrogens (tertiary/aromatic N) is 2. The van der Waals surface area contributed by atoms with Crippen LogP contribution in [-0.4, -0.2) is 9.55 Å². The molecule has 9 aromatic rings. The van der Waals surface area contributed by atoms with Crippen molar-refractivity contribution in [1.82, 2.24) is 9.55 Å². The van der Waals surface area contributed by atoms with Crippen LogP contribution in [0.15, 0.2) is 170 Å². The van der Waals surface area contributed by atoms with E-state index in [1.54, 1.807) is 0 Å². The molecule has 0 fully saturated rings. The lowest BCUT2D eigenvalue weighted by Gasteiger charge is -2.23. The van der Waals surface area contributed by atoms with Crippen molar-refractivity contribution in [2.45, 2.75) is 19.3 Å². The monoisotopic (exact) mass is 638 g/mol. The van der Waals surface area contributed by atoms with Crippen LogP contribution in [0.5, 0.6) is 0 Å². The van der Waals surface area contributed by atoms with Crippen LogP contribution in [0.3, 0.4) is 0 Å². The lowest BCUT2D eigenvalue weighted by Crippen LogP contribution is -2.14. The third-order valence-electron chi connectivity index (χ3n) is 10.8. The van der Waals surface area contributed by atoms with Crippen LogP contribution >= 0.6 is 0 Å². The molecule has 2 heteroatoms. The van der Waals surface area contributed by atoms with Crippen molar-refractivity contribution in [2.75, 3.05) is 0 Å². The van der Waals surface area contributed by atoms with E-state index in [0.717, 1.165) is 28.1 Å². The van der Waals surface area contributed by atoms with Gasteiger partial charge in [-0.1, -0.05) is 153 Å². The Morgan fingerprint density at radius 3 is 1.68 bits per heavy atom. The molecule has 0 saturated carbocycles. The van der Waals surface area contributed by atoms with Gasteiger partial charge in [0.2, 0.25) is 0 Å². The summed E-state index contributed by atoms with van der Waals surface area (Å²) in [5.41, 5.74) is 14.7. The first kappa shape index (κ1) is 28.7. The van der Waals surface area contributed by atoms with Crippen molar-refractivity contribution in [3.8, 4) is 50.5 Å². The Morgan fingerprint density at radius 1 is 0.440 bits per heavy atom. The first-order valence-electron chi connectivity index (χ1n) is 17.4. The molecule has 0 aliphatic heterocycles. The predicted octanol–water partition coefficient (Wildman–Crippen LogP) is 12.6. The molecular weight excluding hydrogens is 605 g/mol. The zero-order valence-electron chi connectivity index (χ0n) is 28.1. The highest BCUT2D eigenvalue weighted by Gasteiger charge is 2.35. The van der Waals surface area contributed by atoms with E-state index in [1.807, 2.05) is 0 Å². The summed E-state index contributed by atoms with van der Waals surface area (Å²) in [6, 6.07) is 61.8. The van der Waals surface area contributed by atoms with Gasteiger partial charge in [0.05, 0.1) is 11.0 Å². The molecule has 1 aliphatic carbocycles. The molecule has 10 rings (SSSR count). The SMILES string of the molecule is CC1(C)c2ccccc2-c2ccc(-c3c4ccccc4c(-c4ccc(-n5c(-c6ccccc6)nc6ccccc65)cc4)c4ccccc34)cc21. The molecule has 1 aromatic heterocycles. The maximum Gasteiger partial charge on any atom is 0.145 e. The van der Waals surface area contributed by atoms with E-state index in [9.17, 15) is 0 Å². The Morgan fingerprint density at radius 2 is 0.980 bits per heavy atom. The van der Waals surface area contributed by atoms with Gasteiger partial charge in [-0.05, 0) is 96.4 Å². The lowest BCUT2D eigenvalue weighted by molar-refractivity contribution is 0.660. The molecule has 8 aromatic carbocycles. The van der Waals surface area contributed by atoms with E-state index >= 15 is 0 Å². The van der Waals surface area contributed by atoms with Gasteiger partial charge in [0.15, 0.2) is 0 Å². The fourth-order valence-corrected chi connectivity index (χ4v) is 8.46. The summed E-state index contributed by atoms with van der Waals surface area (Å²) < 4.78 is 2.28. The van der Waals surface area contributed by atoms with Gasteiger partial charge in [0.25, 0.3) is 0 Å². The van der Waals surface area contributed by atoms with Gasteiger partial charge in [0, 0.05) is 16.7 Å². The number of hydrogen-bond acceptors (Lipinski definition) is 1. The third-order valence-corrected chi connectivity index (χ3v) is 10.8. The largest absolute Gasteiger partial charge is 0.292 e. The van der Waals surface area contributed by atoms with Gasteiger partial charge >= 0.3 is 0 Å². The molecule has 0 spiro atoms. The predicted molar refractivity (Wildman–Crippen MR) is 210 cm³/mol. The van der Waals surface area contributed by atoms with E-state index < -0.39 is 0 Å². The van der Waals surface area contributed by atoms with E-state index in [1.165, 1.54) is 66.1 Å². The zero-order chi connectivity index (χ0) is 33.4. The van der Waals surface area contributed by atoms with Crippen LogP contribution < -0.4 is 0 Å². The molecule has 0 amide bonds. The first-order chi connectivity index (χ1) is 24.6. The molecular formula is C48H34N2. The number of aromatic nitrogens is 2. The van der Waals surface area contributed by atoms with Gasteiger partial charge in [-0.15, -0.1) is 0 Å². The average Bonchev–Trinajstić information content (AvgIpc) is 3.67. The van der Waals surface area contributed by atoms with E-state index in [-0.39, 0.29) is 5.41 Å². The van der Waals surface area contributed by atoms with Crippen molar-refractivity contribution in [3.63, 3.8) is 0 Å². The van der Waals surface area contributed by atoms with Crippen molar-refractivity contribution >= 4 is 32.6 Å². The maximum atomic E-state index is 5.07. The fourth-order valence-electron chi connectivity index (χ4n) is 8.46. The molecule has 0 atom stereocenters. The smallest absolute Gasteiger partial charge is 0.145 e. The standard InChI is InChI=1S/C48H34N2/c1-48(2)41-21-11-10-16-35(41)36-29-26-33(30-42(36)48)46-39-19-8-6-17-37(39)45(38-18-7-9-20-40(38)46)31-24-27-34(28-25-31)50-44-23-13-12-22-43(44)49-47(50)32-14-4-3-5-15-32/h3-30H,1-2H3. The van der Waals surface area contributed by atoms with Gasteiger partial charge in [-0.3, -0.25) is 4.57 Å². The Hall–Kier alpha value is -6.25. The second kappa shape index (κ2) is 10.9. The minimum Gasteiger partial charge on any atom is -0.292 e. The number of imidazole rings is 1. The van der Waals surface area contributed by atoms with Gasteiger partial charge in [-0.25, -0.2) is 4.98 Å². The number of rotatable bonds is 4. The molecule has 0 N–H and O–H groups in total. The second-order valence-electron chi connectivity index (χ2n) is 13.9. The summed E-state index contributed by atoms with van der Waals surface area (Å²) in [4.78, 5) is 5.07. The van der Waals surface area contributed by atoms with Crippen molar-refractivity contribution in [3.05, 3.63) is 181 Å². The highest BCUT2D eigenvalue weighted by Crippen LogP contribution is 2.51. The zero-order valence-corrected chi connectivity index (χ0v) is 28.1. The van der Waals surface area contributed by atoms with Crippen LogP contribution in [0.2, 0.25) is 0 Å². The van der Waals surface area contributed by atoms with Crippen LogP contribution in [0, 0.1) is 0 Å². The summed E-state index contributed by atoms with van der Waals surface area (Å²) >= 11 is 0. The molecule has 1 aliphatic rings. The number of benzene rings is 8. The summed E-state index contributed by atoms with van der Waals surface area (Å²) in [6.07, 6.45) is 0. The Bertz CT molecular complexity index is 2710. The Kier molecular flexibility index (Phi) is 6.25. The molecule has 2 nitrogen and oxygen atoms in total. The number of hydrogen-bond donors (Lipinski definition) is 0. The normalized spacial score (nSPS) is 13.2. The van der Waals surface area contributed by atoms with E-state index in [4.69, 9.17) is 4.98 Å². The van der Waals surface area contributed by atoms with Crippen molar-refractivity contribution in [1.29, 1.82) is 0 Å². The van der Waals surface area contributed by atoms with Crippen molar-refractivity contribution in [2.24, 2.45) is 0 Å². The summed E-state index contributed by atoms with van der Waals surface area (Å²) in [6.45, 7) is 4.72. The molecule has 50 heavy (non-hydrogen) atoms. The summed E-state index contributed by atoms with van der Waals surface area (Å²) in [5, 5.41) is 5.06.